The van der Waals surface area contributed by atoms with Crippen LogP contribution in [0.3, 0.4) is 0 Å². The molecule has 0 amide bonds. The van der Waals surface area contributed by atoms with Gasteiger partial charge in [-0.05, 0) is 146 Å². The van der Waals surface area contributed by atoms with Crippen LogP contribution in [0.25, 0.3) is 44.1 Å². The van der Waals surface area contributed by atoms with Crippen LogP contribution in [0.2, 0.25) is 0 Å². The van der Waals surface area contributed by atoms with Crippen molar-refractivity contribution in [1.82, 2.24) is 9.97 Å². The van der Waals surface area contributed by atoms with Gasteiger partial charge in [0.2, 0.25) is 0 Å². The highest BCUT2D eigenvalue weighted by Gasteiger charge is 2.48. The lowest BCUT2D eigenvalue weighted by atomic mass is 9.67. The fourth-order valence-corrected chi connectivity index (χ4v) is 11.2. The number of nitrogens with zero attached hydrogens (tertiary/aromatic N) is 2. The fourth-order valence-electron chi connectivity index (χ4n) is 11.2. The van der Waals surface area contributed by atoms with Gasteiger partial charge in [0.1, 0.15) is 24.7 Å². The smallest absolute Gasteiger partial charge is 0.149 e. The lowest BCUT2D eigenvalue weighted by Gasteiger charge is -2.34. The van der Waals surface area contributed by atoms with Crippen LogP contribution in [0, 0.1) is 23.7 Å². The predicted molar refractivity (Wildman–Crippen MR) is 279 cm³/mol. The zero-order valence-electron chi connectivity index (χ0n) is 38.5. The minimum absolute atomic E-state index is 0.369. The maximum atomic E-state index is 5.93. The van der Waals surface area contributed by atoms with E-state index in [0.29, 0.717) is 13.2 Å². The molecule has 0 radical (unpaired) electrons. The number of aromatic nitrogens is 2. The largest absolute Gasteiger partial charge is 0.481 e. The summed E-state index contributed by atoms with van der Waals surface area (Å²) in [5, 5.41) is 4.54. The lowest BCUT2D eigenvalue weighted by molar-refractivity contribution is 0.370. The summed E-state index contributed by atoms with van der Waals surface area (Å²) in [6, 6.07) is 71.1. The van der Waals surface area contributed by atoms with Crippen LogP contribution in [-0.4, -0.2) is 23.2 Å². The van der Waals surface area contributed by atoms with E-state index in [9.17, 15) is 0 Å². The molecule has 0 aliphatic heterocycles. The fraction of sp³-hybridized carbons (Fsp3) is 0.108. The van der Waals surface area contributed by atoms with Crippen molar-refractivity contribution in [1.29, 1.82) is 0 Å². The number of rotatable bonds is 10. The van der Waals surface area contributed by atoms with Gasteiger partial charge in [0.15, 0.2) is 0 Å². The van der Waals surface area contributed by atoms with Gasteiger partial charge in [-0.1, -0.05) is 157 Å². The highest BCUT2D eigenvalue weighted by Crippen LogP contribution is 2.57. The van der Waals surface area contributed by atoms with E-state index in [1.807, 2.05) is 38.4 Å². The van der Waals surface area contributed by atoms with E-state index >= 15 is 0 Å². The molecule has 0 N–H and O–H groups in total. The molecule has 2 atom stereocenters. The number of pyridine rings is 2. The number of ether oxygens (including phenoxy) is 2. The first-order valence-electron chi connectivity index (χ1n) is 23.5. The second-order valence-corrected chi connectivity index (χ2v) is 17.8. The molecule has 12 rings (SSSR count). The number of hydrogen-bond acceptors (Lipinski definition) is 4. The minimum atomic E-state index is -0.569. The highest BCUT2D eigenvalue weighted by atomic mass is 16.5. The molecule has 4 heteroatoms. The number of hydrogen-bond donors (Lipinski definition) is 0. The van der Waals surface area contributed by atoms with E-state index in [2.05, 4.69) is 206 Å². The molecule has 328 valence electrons. The molecule has 0 spiro atoms. The predicted octanol–water partition coefficient (Wildman–Crippen LogP) is 13.9. The molecule has 8 aromatic carbocycles. The summed E-state index contributed by atoms with van der Waals surface area (Å²) in [4.78, 5) is 10.0. The van der Waals surface area contributed by atoms with Gasteiger partial charge in [0, 0.05) is 23.5 Å². The minimum Gasteiger partial charge on any atom is -0.481 e. The van der Waals surface area contributed by atoms with Gasteiger partial charge in [0.05, 0.1) is 22.2 Å². The normalized spacial score (nSPS) is 16.0. The van der Waals surface area contributed by atoms with Crippen molar-refractivity contribution in [3.8, 4) is 57.7 Å². The summed E-state index contributed by atoms with van der Waals surface area (Å²) < 4.78 is 11.9. The summed E-state index contributed by atoms with van der Waals surface area (Å²) in [7, 11) is 0. The molecule has 2 aliphatic carbocycles. The van der Waals surface area contributed by atoms with Crippen LogP contribution in [-0.2, 0) is 17.3 Å². The number of benzene rings is 8. The third-order valence-electron chi connectivity index (χ3n) is 14.2. The molecular weight excluding hydrogens is 841 g/mol. The van der Waals surface area contributed by atoms with Gasteiger partial charge >= 0.3 is 0 Å². The molecule has 0 bridgehead atoms. The molecule has 2 unspecified atom stereocenters. The Balaban J connectivity index is 0.914. The van der Waals surface area contributed by atoms with Crippen LogP contribution < -0.4 is 9.47 Å². The molecule has 4 nitrogen and oxygen atoms in total. The molecule has 69 heavy (non-hydrogen) atoms. The van der Waals surface area contributed by atoms with Crippen molar-refractivity contribution < 1.29 is 9.47 Å². The first-order valence-corrected chi connectivity index (χ1v) is 23.5. The van der Waals surface area contributed by atoms with E-state index in [-0.39, 0.29) is 0 Å². The van der Waals surface area contributed by atoms with E-state index in [4.69, 9.17) is 19.4 Å². The van der Waals surface area contributed by atoms with Gasteiger partial charge in [-0.15, -0.1) is 11.8 Å². The topological polar surface area (TPSA) is 44.2 Å². The SMILES string of the molecule is CC#CCOc1ccc2cc(C3(c4ccc(Cc5ccc(C6(c7ccc8cc(OCC#CC)ccc8c7)c7ccccc7-c7ncccc76)cc5)cc4)c4ccccc4-c4ncccc43)ccc2c1. The first-order chi connectivity index (χ1) is 34.1. The maximum Gasteiger partial charge on any atom is 0.149 e. The van der Waals surface area contributed by atoms with E-state index in [1.54, 1.807) is 0 Å². The quantitative estimate of drug-likeness (QED) is 0.128. The van der Waals surface area contributed by atoms with Crippen LogP contribution in [0.15, 0.2) is 207 Å². The molecule has 0 saturated heterocycles. The Morgan fingerprint density at radius 1 is 0.391 bits per heavy atom. The average molecular weight is 887 g/mol. The molecule has 2 heterocycles. The van der Waals surface area contributed by atoms with Crippen LogP contribution >= 0.6 is 0 Å². The van der Waals surface area contributed by atoms with Crippen molar-refractivity contribution >= 4 is 21.5 Å². The van der Waals surface area contributed by atoms with Crippen molar-refractivity contribution in [2.45, 2.75) is 31.1 Å². The van der Waals surface area contributed by atoms with Gasteiger partial charge in [0.25, 0.3) is 0 Å². The Labute approximate surface area is 403 Å². The Morgan fingerprint density at radius 2 is 0.783 bits per heavy atom. The average Bonchev–Trinajstić information content (AvgIpc) is 3.88. The first kappa shape index (κ1) is 41.7. The monoisotopic (exact) mass is 886 g/mol. The Morgan fingerprint density at radius 3 is 1.23 bits per heavy atom. The molecule has 0 fully saturated rings. The van der Waals surface area contributed by atoms with E-state index in [1.165, 1.54) is 66.8 Å². The summed E-state index contributed by atoms with van der Waals surface area (Å²) in [6.07, 6.45) is 4.61. The lowest BCUT2D eigenvalue weighted by Crippen LogP contribution is -2.28. The van der Waals surface area contributed by atoms with Crippen molar-refractivity contribution in [3.63, 3.8) is 0 Å². The standard InChI is InChI=1S/C65H46N2O2/c1-3-5-37-68-54-33-25-46-40-52(31-23-48(46)42-54)64(58-15-9-7-13-56(58)62-60(64)17-11-35-66-62)50-27-19-44(20-28-50)39-45-21-29-51(30-22-45)65(59-16-10-8-14-57(59)63-61(65)18-12-36-67-63)53-32-24-49-43-55(69-38-6-4-2)34-26-47(49)41-53/h7-36,40-43H,37-39H2,1-2H3. The summed E-state index contributed by atoms with van der Waals surface area (Å²) >= 11 is 0. The summed E-state index contributed by atoms with van der Waals surface area (Å²) in [6.45, 7) is 4.40. The highest BCUT2D eigenvalue weighted by molar-refractivity contribution is 5.91. The van der Waals surface area contributed by atoms with Crippen LogP contribution in [0.5, 0.6) is 11.5 Å². The Bertz CT molecular complexity index is 3410. The molecule has 10 aromatic rings. The zero-order valence-corrected chi connectivity index (χ0v) is 38.5. The Kier molecular flexibility index (Phi) is 10.4. The van der Waals surface area contributed by atoms with Gasteiger partial charge in [-0.25, -0.2) is 0 Å². The second-order valence-electron chi connectivity index (χ2n) is 17.8. The van der Waals surface area contributed by atoms with Crippen molar-refractivity contribution in [3.05, 3.63) is 262 Å². The second kappa shape index (κ2) is 17.2. The molecule has 2 aromatic heterocycles. The zero-order chi connectivity index (χ0) is 46.4. The third kappa shape index (κ3) is 6.79. The van der Waals surface area contributed by atoms with Crippen molar-refractivity contribution in [2.24, 2.45) is 0 Å². The summed E-state index contributed by atoms with van der Waals surface area (Å²) in [5.41, 5.74) is 15.4. The maximum absolute atomic E-state index is 5.93. The molecular formula is C65H46N2O2. The van der Waals surface area contributed by atoms with Gasteiger partial charge in [-0.2, -0.15) is 0 Å². The van der Waals surface area contributed by atoms with E-state index < -0.39 is 10.8 Å². The molecule has 2 aliphatic rings. The van der Waals surface area contributed by atoms with Crippen LogP contribution in [0.1, 0.15) is 69.5 Å². The third-order valence-corrected chi connectivity index (χ3v) is 14.2. The van der Waals surface area contributed by atoms with Gasteiger partial charge in [-0.3, -0.25) is 9.97 Å². The summed E-state index contributed by atoms with van der Waals surface area (Å²) in [5.74, 6) is 13.5. The van der Waals surface area contributed by atoms with Crippen LogP contribution in [0.4, 0.5) is 0 Å². The van der Waals surface area contributed by atoms with Gasteiger partial charge < -0.3 is 9.47 Å². The molecule has 0 saturated carbocycles. The Hall–Kier alpha value is -8.70. The van der Waals surface area contributed by atoms with E-state index in [0.717, 1.165) is 50.9 Å². The van der Waals surface area contributed by atoms with Crippen molar-refractivity contribution in [2.75, 3.05) is 13.2 Å². The number of fused-ring (bicyclic) bond motifs is 8.